The maximum atomic E-state index is 5.98. The van der Waals surface area contributed by atoms with Crippen molar-refractivity contribution in [3.63, 3.8) is 0 Å². The molecule has 0 amide bonds. The van der Waals surface area contributed by atoms with E-state index in [1.165, 1.54) is 0 Å². The molecule has 2 nitrogen and oxygen atoms in total. The molecule has 0 atom stereocenters. The molecule has 1 aliphatic heterocycles. The fourth-order valence-electron chi connectivity index (χ4n) is 1.53. The van der Waals surface area contributed by atoms with Gasteiger partial charge < -0.3 is 9.31 Å². The highest BCUT2D eigenvalue weighted by Gasteiger charge is 2.51. The maximum absolute atomic E-state index is 5.98. The van der Waals surface area contributed by atoms with Crippen LogP contribution in [0.15, 0.2) is 35.9 Å². The predicted molar refractivity (Wildman–Crippen MR) is 73.8 cm³/mol. The lowest BCUT2D eigenvalue weighted by Crippen LogP contribution is -2.41. The molecule has 0 N–H and O–H groups in total. The van der Waals surface area contributed by atoms with Crippen LogP contribution in [0.4, 0.5) is 0 Å². The van der Waals surface area contributed by atoms with Crippen LogP contribution in [-0.2, 0) is 9.31 Å². The Bertz CT molecular complexity index is 348. The Morgan fingerprint density at radius 2 is 1.53 bits per heavy atom. The third-order valence-electron chi connectivity index (χ3n) is 3.42. The Morgan fingerprint density at radius 1 is 1.06 bits per heavy atom. The summed E-state index contributed by atoms with van der Waals surface area (Å²) < 4.78 is 12.0. The van der Waals surface area contributed by atoms with Gasteiger partial charge in [-0.1, -0.05) is 30.4 Å². The van der Waals surface area contributed by atoms with Crippen molar-refractivity contribution < 1.29 is 9.31 Å². The molecule has 0 saturated carbocycles. The van der Waals surface area contributed by atoms with Gasteiger partial charge in [0.25, 0.3) is 0 Å². The summed E-state index contributed by atoms with van der Waals surface area (Å²) in [5.74, 6) is 0. The van der Waals surface area contributed by atoms with Gasteiger partial charge in [-0.25, -0.2) is 0 Å². The zero-order chi connectivity index (χ0) is 13.3. The molecule has 0 bridgehead atoms. The van der Waals surface area contributed by atoms with E-state index in [4.69, 9.17) is 9.31 Å². The second-order valence-electron chi connectivity index (χ2n) is 5.56. The molecule has 0 unspecified atom stereocenters. The SMILES string of the molecule is C=C(C)/C=C\C(=C/C)B1OC(C)(C)C(C)(C)O1. The number of allylic oxidation sites excluding steroid dienone is 5. The van der Waals surface area contributed by atoms with Gasteiger partial charge in [-0.3, -0.25) is 0 Å². The van der Waals surface area contributed by atoms with Crippen LogP contribution in [0, 0.1) is 0 Å². The average molecular weight is 234 g/mol. The first kappa shape index (κ1) is 14.3. The van der Waals surface area contributed by atoms with E-state index in [0.717, 1.165) is 11.0 Å². The van der Waals surface area contributed by atoms with Crippen molar-refractivity contribution in [2.45, 2.75) is 52.7 Å². The molecule has 1 fully saturated rings. The van der Waals surface area contributed by atoms with Gasteiger partial charge in [0.1, 0.15) is 0 Å². The Balaban J connectivity index is 2.86. The van der Waals surface area contributed by atoms with Crippen LogP contribution in [0.5, 0.6) is 0 Å². The summed E-state index contributed by atoms with van der Waals surface area (Å²) in [6.07, 6.45) is 5.99. The standard InChI is InChI=1S/C14H23BO2/c1-8-12(10-9-11(2)3)15-16-13(4,5)14(6,7)17-15/h8-10H,2H2,1,3-7H3/b10-9-,12-8+. The molecule has 0 aromatic rings. The lowest BCUT2D eigenvalue weighted by atomic mass is 9.77. The van der Waals surface area contributed by atoms with Crippen LogP contribution < -0.4 is 0 Å². The molecule has 1 heterocycles. The fourth-order valence-corrected chi connectivity index (χ4v) is 1.53. The van der Waals surface area contributed by atoms with Crippen LogP contribution in [-0.4, -0.2) is 18.3 Å². The van der Waals surface area contributed by atoms with Crippen molar-refractivity contribution in [1.29, 1.82) is 0 Å². The molecule has 0 radical (unpaired) electrons. The monoisotopic (exact) mass is 234 g/mol. The second kappa shape index (κ2) is 4.83. The molecule has 0 aromatic carbocycles. The van der Waals surface area contributed by atoms with Crippen LogP contribution in [0.2, 0.25) is 0 Å². The van der Waals surface area contributed by atoms with Crippen LogP contribution in [0.3, 0.4) is 0 Å². The highest BCUT2D eigenvalue weighted by molar-refractivity contribution is 6.55. The summed E-state index contributed by atoms with van der Waals surface area (Å²) in [4.78, 5) is 0. The normalized spacial score (nSPS) is 23.4. The molecular weight excluding hydrogens is 211 g/mol. The van der Waals surface area contributed by atoms with Gasteiger partial charge in [0.05, 0.1) is 11.2 Å². The average Bonchev–Trinajstić information content (AvgIpc) is 2.36. The van der Waals surface area contributed by atoms with Crippen molar-refractivity contribution in [1.82, 2.24) is 0 Å². The first-order chi connectivity index (χ1) is 7.69. The topological polar surface area (TPSA) is 18.5 Å². The molecule has 94 valence electrons. The highest BCUT2D eigenvalue weighted by Crippen LogP contribution is 2.38. The molecule has 1 aliphatic rings. The van der Waals surface area contributed by atoms with Gasteiger partial charge in [-0.05, 0) is 47.0 Å². The van der Waals surface area contributed by atoms with Crippen molar-refractivity contribution in [2.24, 2.45) is 0 Å². The van der Waals surface area contributed by atoms with Gasteiger partial charge in [-0.2, -0.15) is 0 Å². The smallest absolute Gasteiger partial charge is 0.399 e. The van der Waals surface area contributed by atoms with E-state index in [2.05, 4.69) is 34.3 Å². The van der Waals surface area contributed by atoms with E-state index in [-0.39, 0.29) is 18.3 Å². The molecular formula is C14H23BO2. The van der Waals surface area contributed by atoms with E-state index in [9.17, 15) is 0 Å². The van der Waals surface area contributed by atoms with Gasteiger partial charge in [0.2, 0.25) is 0 Å². The van der Waals surface area contributed by atoms with Gasteiger partial charge in [0.15, 0.2) is 0 Å². The van der Waals surface area contributed by atoms with Crippen LogP contribution in [0.25, 0.3) is 0 Å². The molecule has 3 heteroatoms. The van der Waals surface area contributed by atoms with E-state index in [1.54, 1.807) is 0 Å². The summed E-state index contributed by atoms with van der Waals surface area (Å²) in [6, 6.07) is 0. The van der Waals surface area contributed by atoms with Gasteiger partial charge in [0, 0.05) is 0 Å². The Labute approximate surface area is 106 Å². The molecule has 1 rings (SSSR count). The minimum Gasteiger partial charge on any atom is -0.399 e. The first-order valence-corrected chi connectivity index (χ1v) is 6.05. The Morgan fingerprint density at radius 3 is 1.88 bits per heavy atom. The summed E-state index contributed by atoms with van der Waals surface area (Å²) in [5, 5.41) is 0. The first-order valence-electron chi connectivity index (χ1n) is 6.05. The number of hydrogen-bond acceptors (Lipinski definition) is 2. The maximum Gasteiger partial charge on any atom is 0.494 e. The van der Waals surface area contributed by atoms with Crippen molar-refractivity contribution >= 4 is 7.12 Å². The highest BCUT2D eigenvalue weighted by atomic mass is 16.7. The molecule has 1 saturated heterocycles. The van der Waals surface area contributed by atoms with Crippen LogP contribution in [0.1, 0.15) is 41.5 Å². The quantitative estimate of drug-likeness (QED) is 0.547. The van der Waals surface area contributed by atoms with E-state index >= 15 is 0 Å². The third kappa shape index (κ3) is 3.11. The minimum absolute atomic E-state index is 0.289. The van der Waals surface area contributed by atoms with Crippen molar-refractivity contribution in [3.05, 3.63) is 35.9 Å². The summed E-state index contributed by atoms with van der Waals surface area (Å²) >= 11 is 0. The van der Waals surface area contributed by atoms with E-state index < -0.39 is 0 Å². The molecule has 0 aliphatic carbocycles. The van der Waals surface area contributed by atoms with Crippen LogP contribution >= 0.6 is 0 Å². The van der Waals surface area contributed by atoms with Crippen molar-refractivity contribution in [3.8, 4) is 0 Å². The Hall–Kier alpha value is -0.795. The zero-order valence-electron chi connectivity index (χ0n) is 11.8. The lowest BCUT2D eigenvalue weighted by molar-refractivity contribution is 0.00578. The number of hydrogen-bond donors (Lipinski definition) is 0. The lowest BCUT2D eigenvalue weighted by Gasteiger charge is -2.32. The predicted octanol–water partition coefficient (Wildman–Crippen LogP) is 3.70. The van der Waals surface area contributed by atoms with Gasteiger partial charge in [-0.15, -0.1) is 0 Å². The summed E-state index contributed by atoms with van der Waals surface area (Å²) in [6.45, 7) is 16.0. The number of rotatable bonds is 3. The minimum atomic E-state index is -0.291. The van der Waals surface area contributed by atoms with Crippen molar-refractivity contribution in [2.75, 3.05) is 0 Å². The third-order valence-corrected chi connectivity index (χ3v) is 3.42. The van der Waals surface area contributed by atoms with E-state index in [1.807, 2.05) is 32.1 Å². The molecule has 0 spiro atoms. The molecule has 17 heavy (non-hydrogen) atoms. The fraction of sp³-hybridized carbons (Fsp3) is 0.571. The Kier molecular flexibility index (Phi) is 4.05. The van der Waals surface area contributed by atoms with Gasteiger partial charge >= 0.3 is 7.12 Å². The molecule has 0 aromatic heterocycles. The summed E-state index contributed by atoms with van der Waals surface area (Å²) in [7, 11) is -0.291. The zero-order valence-corrected chi connectivity index (χ0v) is 11.8. The largest absolute Gasteiger partial charge is 0.494 e. The summed E-state index contributed by atoms with van der Waals surface area (Å²) in [5.41, 5.74) is 1.47. The second-order valence-corrected chi connectivity index (χ2v) is 5.56. The van der Waals surface area contributed by atoms with E-state index in [0.29, 0.717) is 0 Å².